The van der Waals surface area contributed by atoms with Gasteiger partial charge in [0.05, 0.1) is 17.4 Å². The molecule has 0 fully saturated rings. The minimum atomic E-state index is -0.0642. The Morgan fingerprint density at radius 3 is 2.70 bits per heavy atom. The monoisotopic (exact) mass is 292 g/mol. The quantitative estimate of drug-likeness (QED) is 0.927. The SMILES string of the molecule is CCN(CC)C(=O)Cc1ccc2c(c1)NC(=O)C(C)S2. The third-order valence-electron chi connectivity index (χ3n) is 3.45. The van der Waals surface area contributed by atoms with Crippen LogP contribution >= 0.6 is 11.8 Å². The number of amides is 2. The highest BCUT2D eigenvalue weighted by atomic mass is 32.2. The number of nitrogens with one attached hydrogen (secondary N) is 1. The molecular weight excluding hydrogens is 272 g/mol. The average molecular weight is 292 g/mol. The fourth-order valence-corrected chi connectivity index (χ4v) is 3.16. The largest absolute Gasteiger partial charge is 0.343 e. The van der Waals surface area contributed by atoms with E-state index in [0.717, 1.165) is 29.2 Å². The highest BCUT2D eigenvalue weighted by Crippen LogP contribution is 2.36. The van der Waals surface area contributed by atoms with Crippen LogP contribution in [-0.4, -0.2) is 35.1 Å². The van der Waals surface area contributed by atoms with Crippen molar-refractivity contribution in [2.24, 2.45) is 0 Å². The average Bonchev–Trinajstić information content (AvgIpc) is 2.42. The van der Waals surface area contributed by atoms with Crippen molar-refractivity contribution in [3.8, 4) is 0 Å². The highest BCUT2D eigenvalue weighted by molar-refractivity contribution is 8.00. The summed E-state index contributed by atoms with van der Waals surface area (Å²) in [6, 6.07) is 5.87. The van der Waals surface area contributed by atoms with Crippen LogP contribution in [0.2, 0.25) is 0 Å². The van der Waals surface area contributed by atoms with Gasteiger partial charge in [-0.25, -0.2) is 0 Å². The summed E-state index contributed by atoms with van der Waals surface area (Å²) >= 11 is 1.56. The number of hydrogen-bond donors (Lipinski definition) is 1. The van der Waals surface area contributed by atoms with Crippen molar-refractivity contribution in [3.63, 3.8) is 0 Å². The smallest absolute Gasteiger partial charge is 0.237 e. The van der Waals surface area contributed by atoms with Gasteiger partial charge in [0.2, 0.25) is 11.8 Å². The summed E-state index contributed by atoms with van der Waals surface area (Å²) in [5.41, 5.74) is 1.76. The van der Waals surface area contributed by atoms with Crippen molar-refractivity contribution in [1.29, 1.82) is 0 Å². The summed E-state index contributed by atoms with van der Waals surface area (Å²) < 4.78 is 0. The number of rotatable bonds is 4. The van der Waals surface area contributed by atoms with E-state index < -0.39 is 0 Å². The molecule has 20 heavy (non-hydrogen) atoms. The van der Waals surface area contributed by atoms with E-state index in [1.54, 1.807) is 11.8 Å². The summed E-state index contributed by atoms with van der Waals surface area (Å²) in [6.07, 6.45) is 0.380. The molecule has 1 aliphatic heterocycles. The highest BCUT2D eigenvalue weighted by Gasteiger charge is 2.23. The first-order valence-electron chi connectivity index (χ1n) is 6.93. The van der Waals surface area contributed by atoms with Crippen LogP contribution in [0.4, 0.5) is 5.69 Å². The Kier molecular flexibility index (Phi) is 4.70. The predicted octanol–water partition coefficient (Wildman–Crippen LogP) is 2.53. The Bertz CT molecular complexity index is 527. The van der Waals surface area contributed by atoms with Crippen LogP contribution in [0.15, 0.2) is 23.1 Å². The summed E-state index contributed by atoms with van der Waals surface area (Å²) in [7, 11) is 0. The maximum atomic E-state index is 12.1. The van der Waals surface area contributed by atoms with E-state index in [-0.39, 0.29) is 17.1 Å². The van der Waals surface area contributed by atoms with Crippen LogP contribution in [0.3, 0.4) is 0 Å². The van der Waals surface area contributed by atoms with Crippen molar-refractivity contribution in [3.05, 3.63) is 23.8 Å². The van der Waals surface area contributed by atoms with E-state index in [2.05, 4.69) is 5.32 Å². The molecule has 1 aromatic rings. The van der Waals surface area contributed by atoms with Crippen molar-refractivity contribution in [2.45, 2.75) is 37.3 Å². The van der Waals surface area contributed by atoms with E-state index >= 15 is 0 Å². The lowest BCUT2D eigenvalue weighted by atomic mass is 10.1. The van der Waals surface area contributed by atoms with Crippen molar-refractivity contribution in [2.75, 3.05) is 18.4 Å². The summed E-state index contributed by atoms with van der Waals surface area (Å²) in [5.74, 6) is 0.146. The van der Waals surface area contributed by atoms with Gasteiger partial charge in [-0.3, -0.25) is 9.59 Å². The lowest BCUT2D eigenvalue weighted by Crippen LogP contribution is -2.32. The van der Waals surface area contributed by atoms with Gasteiger partial charge in [-0.2, -0.15) is 0 Å². The number of thioether (sulfide) groups is 1. The molecule has 1 N–H and O–H groups in total. The molecule has 0 spiro atoms. The number of hydrogen-bond acceptors (Lipinski definition) is 3. The van der Waals surface area contributed by atoms with Crippen LogP contribution in [0.1, 0.15) is 26.3 Å². The number of carbonyl (C=O) groups is 2. The summed E-state index contributed by atoms with van der Waals surface area (Å²) in [5, 5.41) is 2.83. The topological polar surface area (TPSA) is 49.4 Å². The second kappa shape index (κ2) is 6.31. The van der Waals surface area contributed by atoms with Gasteiger partial charge >= 0.3 is 0 Å². The fraction of sp³-hybridized carbons (Fsp3) is 0.467. The zero-order chi connectivity index (χ0) is 14.7. The molecule has 1 aliphatic rings. The standard InChI is InChI=1S/C15H20N2O2S/c1-4-17(5-2)14(18)9-11-6-7-13-12(8-11)16-15(19)10(3)20-13/h6-8,10H,4-5,9H2,1-3H3,(H,16,19). The normalized spacial score (nSPS) is 17.4. The van der Waals surface area contributed by atoms with Gasteiger partial charge in [-0.1, -0.05) is 6.07 Å². The molecule has 0 saturated heterocycles. The first-order valence-corrected chi connectivity index (χ1v) is 7.81. The summed E-state index contributed by atoms with van der Waals surface area (Å²) in [4.78, 5) is 26.7. The van der Waals surface area contributed by atoms with Gasteiger partial charge in [-0.05, 0) is 38.5 Å². The first kappa shape index (κ1) is 14.9. The van der Waals surface area contributed by atoms with Crippen LogP contribution < -0.4 is 5.32 Å². The zero-order valence-corrected chi connectivity index (χ0v) is 12.9. The van der Waals surface area contributed by atoms with Crippen molar-refractivity contribution in [1.82, 2.24) is 4.90 Å². The summed E-state index contributed by atoms with van der Waals surface area (Å²) in [6.45, 7) is 7.30. The molecule has 0 aromatic heterocycles. The Morgan fingerprint density at radius 1 is 1.35 bits per heavy atom. The first-order chi connectivity index (χ1) is 9.55. The van der Waals surface area contributed by atoms with E-state index in [0.29, 0.717) is 6.42 Å². The van der Waals surface area contributed by atoms with E-state index in [9.17, 15) is 9.59 Å². The van der Waals surface area contributed by atoms with Crippen LogP contribution in [0, 0.1) is 0 Å². The lowest BCUT2D eigenvalue weighted by Gasteiger charge is -2.22. The second-order valence-corrected chi connectivity index (χ2v) is 6.21. The van der Waals surface area contributed by atoms with Crippen LogP contribution in [-0.2, 0) is 16.0 Å². The van der Waals surface area contributed by atoms with Gasteiger partial charge in [0, 0.05) is 18.0 Å². The predicted molar refractivity (Wildman–Crippen MR) is 82.0 cm³/mol. The molecule has 1 heterocycles. The number of anilines is 1. The molecule has 2 amide bonds. The number of carbonyl (C=O) groups excluding carboxylic acids is 2. The molecule has 1 aromatic carbocycles. The molecule has 0 saturated carbocycles. The molecule has 0 aliphatic carbocycles. The fourth-order valence-electron chi connectivity index (χ4n) is 2.23. The molecule has 1 unspecified atom stereocenters. The van der Waals surface area contributed by atoms with E-state index in [4.69, 9.17) is 0 Å². The maximum absolute atomic E-state index is 12.1. The molecule has 0 bridgehead atoms. The number of nitrogens with zero attached hydrogens (tertiary/aromatic N) is 1. The maximum Gasteiger partial charge on any atom is 0.237 e. The molecule has 0 radical (unpaired) electrons. The lowest BCUT2D eigenvalue weighted by molar-refractivity contribution is -0.130. The van der Waals surface area contributed by atoms with E-state index in [1.165, 1.54) is 0 Å². The van der Waals surface area contributed by atoms with Crippen molar-refractivity contribution >= 4 is 29.3 Å². The number of fused-ring (bicyclic) bond motifs is 1. The molecule has 108 valence electrons. The Labute approximate surface area is 123 Å². The second-order valence-electron chi connectivity index (χ2n) is 4.82. The molecule has 5 heteroatoms. The molecular formula is C15H20N2O2S. The van der Waals surface area contributed by atoms with Gasteiger partial charge in [0.15, 0.2) is 0 Å². The minimum Gasteiger partial charge on any atom is -0.343 e. The van der Waals surface area contributed by atoms with Crippen molar-refractivity contribution < 1.29 is 9.59 Å². The minimum absolute atomic E-state index is 0.0229. The van der Waals surface area contributed by atoms with Gasteiger partial charge in [-0.15, -0.1) is 11.8 Å². The van der Waals surface area contributed by atoms with Gasteiger partial charge in [0.25, 0.3) is 0 Å². The van der Waals surface area contributed by atoms with Gasteiger partial charge in [0.1, 0.15) is 0 Å². The third kappa shape index (κ3) is 3.15. The van der Waals surface area contributed by atoms with Crippen LogP contribution in [0.5, 0.6) is 0 Å². The number of likely N-dealkylation sites (N-methyl/N-ethyl adjacent to an activating group) is 1. The van der Waals surface area contributed by atoms with Crippen LogP contribution in [0.25, 0.3) is 0 Å². The Balaban J connectivity index is 2.14. The number of benzene rings is 1. The zero-order valence-electron chi connectivity index (χ0n) is 12.1. The Hall–Kier alpha value is -1.49. The van der Waals surface area contributed by atoms with E-state index in [1.807, 2.05) is 43.9 Å². The molecule has 4 nitrogen and oxygen atoms in total. The van der Waals surface area contributed by atoms with Gasteiger partial charge < -0.3 is 10.2 Å². The molecule has 2 rings (SSSR count). The molecule has 1 atom stereocenters. The third-order valence-corrected chi connectivity index (χ3v) is 4.62. The Morgan fingerprint density at radius 2 is 2.05 bits per heavy atom.